The zero-order chi connectivity index (χ0) is 21.1. The van der Waals surface area contributed by atoms with Crippen LogP contribution in [-0.2, 0) is 20.2 Å². The van der Waals surface area contributed by atoms with E-state index >= 15 is 0 Å². The van der Waals surface area contributed by atoms with Gasteiger partial charge in [-0.1, -0.05) is 0 Å². The molecule has 1 aromatic carbocycles. The predicted molar refractivity (Wildman–Crippen MR) is 88.9 cm³/mol. The van der Waals surface area contributed by atoms with Gasteiger partial charge in [-0.05, 0) is 31.2 Å². The molecule has 28 heavy (non-hydrogen) atoms. The van der Waals surface area contributed by atoms with Crippen molar-refractivity contribution in [2.24, 2.45) is 0 Å². The summed E-state index contributed by atoms with van der Waals surface area (Å²) in [5.74, 6) is -1.22. The Morgan fingerprint density at radius 3 is 2.46 bits per heavy atom. The molecule has 13 heteroatoms. The highest BCUT2D eigenvalue weighted by Crippen LogP contribution is 2.29. The molecule has 1 saturated heterocycles. The number of halogens is 3. The van der Waals surface area contributed by atoms with E-state index in [1.54, 1.807) is 0 Å². The summed E-state index contributed by atoms with van der Waals surface area (Å²) in [5, 5.41) is 8.73. The average molecular weight is 426 g/mol. The van der Waals surface area contributed by atoms with Crippen molar-refractivity contribution >= 4 is 28.4 Å². The van der Waals surface area contributed by atoms with E-state index in [-0.39, 0.29) is 18.0 Å². The monoisotopic (exact) mass is 426 g/mol. The van der Waals surface area contributed by atoms with Gasteiger partial charge in [0, 0.05) is 12.1 Å². The number of benzene rings is 1. The van der Waals surface area contributed by atoms with E-state index in [0.717, 1.165) is 11.8 Å². The molecule has 0 spiro atoms. The van der Waals surface area contributed by atoms with Crippen molar-refractivity contribution in [3.63, 3.8) is 0 Å². The van der Waals surface area contributed by atoms with Crippen LogP contribution >= 0.6 is 0 Å². The molecule has 9 nitrogen and oxygen atoms in total. The molecule has 2 N–H and O–H groups in total. The highest BCUT2D eigenvalue weighted by atomic mass is 32.2. The van der Waals surface area contributed by atoms with Gasteiger partial charge in [0.15, 0.2) is 22.1 Å². The minimum absolute atomic E-state index is 0.0549. The molecule has 0 unspecified atom stereocenters. The Morgan fingerprint density at radius 2 is 1.96 bits per heavy atom. The zero-order valence-corrected chi connectivity index (χ0v) is 15.3. The van der Waals surface area contributed by atoms with Gasteiger partial charge >= 0.3 is 12.3 Å². The molecular weight excluding hydrogens is 409 g/mol. The number of ether oxygens (including phenoxy) is 2. The summed E-state index contributed by atoms with van der Waals surface area (Å²) in [6.45, 7) is -0.481. The van der Waals surface area contributed by atoms with Crippen molar-refractivity contribution in [2.45, 2.75) is 30.4 Å². The average Bonchev–Trinajstić information content (AvgIpc) is 2.98. The van der Waals surface area contributed by atoms with Crippen LogP contribution in [0.2, 0.25) is 0 Å². The van der Waals surface area contributed by atoms with Gasteiger partial charge in [-0.2, -0.15) is 13.2 Å². The number of hydrogen-bond acceptors (Lipinski definition) is 7. The second-order valence-electron chi connectivity index (χ2n) is 6.19. The van der Waals surface area contributed by atoms with Crippen LogP contribution in [0.5, 0.6) is 5.75 Å². The van der Waals surface area contributed by atoms with E-state index in [4.69, 9.17) is 9.94 Å². The number of amides is 2. The largest absolute Gasteiger partial charge is 0.484 e. The first-order valence-electron chi connectivity index (χ1n) is 7.83. The molecule has 2 rings (SSSR count). The molecular formula is C15H17F3N2O7S. The summed E-state index contributed by atoms with van der Waals surface area (Å²) < 4.78 is 67.0. The third-order valence-electron chi connectivity index (χ3n) is 4.04. The molecule has 156 valence electrons. The van der Waals surface area contributed by atoms with Gasteiger partial charge in [0.1, 0.15) is 11.9 Å². The third-order valence-corrected chi connectivity index (χ3v) is 5.24. The maximum Gasteiger partial charge on any atom is 0.422 e. The highest BCUT2D eigenvalue weighted by molar-refractivity contribution is 7.75. The lowest BCUT2D eigenvalue weighted by molar-refractivity contribution is -0.153. The summed E-state index contributed by atoms with van der Waals surface area (Å²) in [5.41, 5.74) is 1.56. The lowest BCUT2D eigenvalue weighted by Crippen LogP contribution is -2.47. The van der Waals surface area contributed by atoms with E-state index < -0.39 is 52.8 Å². The van der Waals surface area contributed by atoms with Crippen molar-refractivity contribution < 1.29 is 45.9 Å². The molecule has 1 aliphatic heterocycles. The van der Waals surface area contributed by atoms with Gasteiger partial charge < -0.3 is 9.47 Å². The van der Waals surface area contributed by atoms with E-state index in [1.807, 2.05) is 0 Å². The van der Waals surface area contributed by atoms with E-state index in [0.29, 0.717) is 0 Å². The van der Waals surface area contributed by atoms with Crippen LogP contribution in [0.3, 0.4) is 0 Å². The molecule has 1 aliphatic rings. The van der Waals surface area contributed by atoms with E-state index in [9.17, 15) is 31.2 Å². The summed E-state index contributed by atoms with van der Waals surface area (Å²) >= 11 is 0. The molecule has 2 amide bonds. The SMILES string of the molecule is C[C@@](C[C@H]1CN(c2ccc(OCC(F)(F)F)cc2)C(=O)O1)(C(=O)NO)[SH](=O)=O. The number of hydroxylamine groups is 1. The molecule has 1 aromatic rings. The van der Waals surface area contributed by atoms with Crippen molar-refractivity contribution in [2.75, 3.05) is 18.1 Å². The quantitative estimate of drug-likeness (QED) is 0.340. The normalized spacial score (nSPS) is 19.3. The first kappa shape index (κ1) is 21.8. The number of nitrogens with zero attached hydrogens (tertiary/aromatic N) is 1. The molecule has 1 heterocycles. The van der Waals surface area contributed by atoms with Crippen molar-refractivity contribution in [3.05, 3.63) is 24.3 Å². The van der Waals surface area contributed by atoms with Crippen LogP contribution in [0.4, 0.5) is 23.7 Å². The lowest BCUT2D eigenvalue weighted by Gasteiger charge is -2.22. The molecule has 1 fully saturated rings. The lowest BCUT2D eigenvalue weighted by atomic mass is 10.0. The third kappa shape index (κ3) is 5.04. The van der Waals surface area contributed by atoms with Crippen LogP contribution in [0, 0.1) is 0 Å². The van der Waals surface area contributed by atoms with Crippen LogP contribution in [0.15, 0.2) is 24.3 Å². The Balaban J connectivity index is 2.07. The summed E-state index contributed by atoms with van der Waals surface area (Å²) in [4.78, 5) is 24.9. The summed E-state index contributed by atoms with van der Waals surface area (Å²) in [6.07, 6.45) is -6.67. The topological polar surface area (TPSA) is 122 Å². The van der Waals surface area contributed by atoms with Gasteiger partial charge in [-0.15, -0.1) is 0 Å². The van der Waals surface area contributed by atoms with E-state index in [1.165, 1.54) is 29.7 Å². The van der Waals surface area contributed by atoms with Gasteiger partial charge in [-0.25, -0.2) is 18.7 Å². The molecule has 0 saturated carbocycles. The number of thiol groups is 1. The molecule has 2 atom stereocenters. The van der Waals surface area contributed by atoms with Crippen molar-refractivity contribution in [1.29, 1.82) is 0 Å². The fraction of sp³-hybridized carbons (Fsp3) is 0.467. The summed E-state index contributed by atoms with van der Waals surface area (Å²) in [7, 11) is -3.30. The Bertz CT molecular complexity index is 805. The Morgan fingerprint density at radius 1 is 1.36 bits per heavy atom. The van der Waals surface area contributed by atoms with Crippen molar-refractivity contribution in [3.8, 4) is 5.75 Å². The van der Waals surface area contributed by atoms with Crippen LogP contribution < -0.4 is 15.1 Å². The van der Waals surface area contributed by atoms with Gasteiger partial charge in [0.25, 0.3) is 5.91 Å². The van der Waals surface area contributed by atoms with Crippen LogP contribution in [0.1, 0.15) is 13.3 Å². The molecule has 0 radical (unpaired) electrons. The van der Waals surface area contributed by atoms with Crippen molar-refractivity contribution in [1.82, 2.24) is 5.48 Å². The van der Waals surface area contributed by atoms with Crippen LogP contribution in [0.25, 0.3) is 0 Å². The van der Waals surface area contributed by atoms with Gasteiger partial charge in [-0.3, -0.25) is 14.9 Å². The second-order valence-corrected chi connectivity index (χ2v) is 7.69. The molecule has 0 bridgehead atoms. The molecule has 0 aliphatic carbocycles. The Hall–Kier alpha value is -2.54. The minimum atomic E-state index is -4.49. The van der Waals surface area contributed by atoms with Gasteiger partial charge in [0.05, 0.1) is 6.54 Å². The Labute approximate surface area is 158 Å². The summed E-state index contributed by atoms with van der Waals surface area (Å²) in [6, 6.07) is 5.14. The van der Waals surface area contributed by atoms with E-state index in [2.05, 4.69) is 4.74 Å². The number of anilines is 1. The maximum atomic E-state index is 12.2. The Kier molecular flexibility index (Phi) is 6.39. The number of alkyl halides is 3. The number of carbonyl (C=O) groups excluding carboxylic acids is 2. The number of carbonyl (C=O) groups is 2. The van der Waals surface area contributed by atoms with Crippen LogP contribution in [-0.4, -0.2) is 55.8 Å². The smallest absolute Gasteiger partial charge is 0.422 e. The maximum absolute atomic E-state index is 12.2. The first-order chi connectivity index (χ1) is 13.0. The first-order valence-corrected chi connectivity index (χ1v) is 9.01. The van der Waals surface area contributed by atoms with Gasteiger partial charge in [0.2, 0.25) is 0 Å². The minimum Gasteiger partial charge on any atom is -0.484 e. The number of cyclic esters (lactones) is 1. The number of rotatable bonds is 7. The standard InChI is InChI=1S/C15H17F3N2O7S/c1-14(28(24)25,12(21)19-23)6-11-7-20(13(22)27-11)9-2-4-10(5-3-9)26-8-15(16,17)18/h2-5,11,23,28H,6-8H2,1H3,(H,19,21)/t11-,14+/m0/s1. The number of nitrogens with one attached hydrogen (secondary N) is 1. The fourth-order valence-corrected chi connectivity index (χ4v) is 3.11. The molecule has 0 aromatic heterocycles. The fourth-order valence-electron chi connectivity index (χ4n) is 2.54. The zero-order valence-electron chi connectivity index (χ0n) is 14.4. The predicted octanol–water partition coefficient (Wildman–Crippen LogP) is 1.22. The number of hydrogen-bond donors (Lipinski definition) is 3. The second kappa shape index (κ2) is 8.22. The highest BCUT2D eigenvalue weighted by Gasteiger charge is 2.44.